The molecule has 0 radical (unpaired) electrons. The van der Waals surface area contributed by atoms with Gasteiger partial charge >= 0.3 is 11.9 Å². The van der Waals surface area contributed by atoms with E-state index in [2.05, 4.69) is 0 Å². The van der Waals surface area contributed by atoms with Crippen molar-refractivity contribution in [1.29, 1.82) is 0 Å². The summed E-state index contributed by atoms with van der Waals surface area (Å²) in [5.41, 5.74) is 0.391. The van der Waals surface area contributed by atoms with E-state index in [1.165, 1.54) is 43.3 Å². The predicted molar refractivity (Wildman–Crippen MR) is 85.2 cm³/mol. The van der Waals surface area contributed by atoms with E-state index in [1.807, 2.05) is 0 Å². The normalized spacial score (nSPS) is 10.1. The van der Waals surface area contributed by atoms with Crippen molar-refractivity contribution in [3.8, 4) is 5.75 Å². The zero-order chi connectivity index (χ0) is 17.7. The second-order valence-corrected chi connectivity index (χ2v) is 4.84. The lowest BCUT2D eigenvalue weighted by Gasteiger charge is -2.08. The van der Waals surface area contributed by atoms with E-state index in [0.29, 0.717) is 0 Å². The van der Waals surface area contributed by atoms with Crippen molar-refractivity contribution >= 4 is 17.6 Å². The van der Waals surface area contributed by atoms with E-state index in [-0.39, 0.29) is 34.7 Å². The van der Waals surface area contributed by atoms with E-state index in [9.17, 15) is 19.7 Å². The van der Waals surface area contributed by atoms with Crippen LogP contribution >= 0.6 is 0 Å². The van der Waals surface area contributed by atoms with Gasteiger partial charge in [0.15, 0.2) is 0 Å². The van der Waals surface area contributed by atoms with Crippen LogP contribution in [0.1, 0.15) is 33.2 Å². The number of hydrogen-bond donors (Lipinski definition) is 0. The zero-order valence-corrected chi connectivity index (χ0v) is 13.1. The summed E-state index contributed by atoms with van der Waals surface area (Å²) in [5, 5.41) is 10.9. The Bertz CT molecular complexity index is 799. The lowest BCUT2D eigenvalue weighted by atomic mass is 10.1. The molecule has 0 saturated heterocycles. The van der Waals surface area contributed by atoms with Gasteiger partial charge in [-0.25, -0.2) is 9.59 Å². The highest BCUT2D eigenvalue weighted by Crippen LogP contribution is 2.23. The van der Waals surface area contributed by atoms with E-state index >= 15 is 0 Å². The molecule has 0 N–H and O–H groups in total. The molecule has 0 aliphatic heterocycles. The van der Waals surface area contributed by atoms with Crippen molar-refractivity contribution in [3.05, 3.63) is 69.3 Å². The van der Waals surface area contributed by atoms with Crippen molar-refractivity contribution < 1.29 is 24.0 Å². The largest absolute Gasteiger partial charge is 0.462 e. The van der Waals surface area contributed by atoms with Crippen LogP contribution < -0.4 is 4.74 Å². The Morgan fingerprint density at radius 1 is 1.12 bits per heavy atom. The van der Waals surface area contributed by atoms with Crippen LogP contribution in [-0.2, 0) is 4.74 Å². The van der Waals surface area contributed by atoms with Crippen LogP contribution in [0.3, 0.4) is 0 Å². The Morgan fingerprint density at radius 3 is 2.50 bits per heavy atom. The Labute approximate surface area is 138 Å². The third-order valence-electron chi connectivity index (χ3n) is 3.28. The smallest absolute Gasteiger partial charge is 0.344 e. The summed E-state index contributed by atoms with van der Waals surface area (Å²) in [4.78, 5) is 34.3. The van der Waals surface area contributed by atoms with Crippen LogP contribution in [0.2, 0.25) is 0 Å². The zero-order valence-electron chi connectivity index (χ0n) is 13.1. The maximum atomic E-state index is 12.3. The minimum Gasteiger partial charge on any atom is -0.462 e. The Hall–Kier alpha value is -3.22. The minimum absolute atomic E-state index is 0.0886. The number of esters is 2. The highest BCUT2D eigenvalue weighted by molar-refractivity contribution is 5.94. The van der Waals surface area contributed by atoms with Crippen LogP contribution in [0.25, 0.3) is 0 Å². The van der Waals surface area contributed by atoms with Crippen molar-refractivity contribution in [3.63, 3.8) is 0 Å². The number of rotatable bonds is 5. The molecule has 2 aromatic carbocycles. The first-order valence-electron chi connectivity index (χ1n) is 7.17. The Morgan fingerprint density at radius 2 is 1.83 bits per heavy atom. The monoisotopic (exact) mass is 329 g/mol. The van der Waals surface area contributed by atoms with Gasteiger partial charge in [-0.1, -0.05) is 12.1 Å². The predicted octanol–water partition coefficient (Wildman–Crippen LogP) is 3.30. The van der Waals surface area contributed by atoms with Crippen LogP contribution in [0, 0.1) is 17.0 Å². The quantitative estimate of drug-likeness (QED) is 0.361. The maximum Gasteiger partial charge on any atom is 0.344 e. The number of carbonyl (C=O) groups excluding carboxylic acids is 2. The molecule has 0 atom stereocenters. The molecule has 0 aromatic heterocycles. The lowest BCUT2D eigenvalue weighted by molar-refractivity contribution is -0.385. The van der Waals surface area contributed by atoms with Gasteiger partial charge in [0.2, 0.25) is 0 Å². The summed E-state index contributed by atoms with van der Waals surface area (Å²) >= 11 is 0. The van der Waals surface area contributed by atoms with E-state index in [1.54, 1.807) is 13.0 Å². The summed E-state index contributed by atoms with van der Waals surface area (Å²) in [5.74, 6) is -1.12. The van der Waals surface area contributed by atoms with Crippen molar-refractivity contribution in [2.45, 2.75) is 13.8 Å². The molecule has 7 heteroatoms. The minimum atomic E-state index is -0.739. The number of nitro benzene ring substituents is 1. The fraction of sp³-hybridized carbons (Fsp3) is 0.176. The standard InChI is InChI=1S/C17H15NO6/c1-3-23-16(19)12-6-4-7-13(10-12)24-17(20)14-8-5-9-15(11(14)2)18(21)22/h4-10H,3H2,1-2H3. The van der Waals surface area contributed by atoms with Crippen LogP contribution in [0.4, 0.5) is 5.69 Å². The summed E-state index contributed by atoms with van der Waals surface area (Å²) in [6, 6.07) is 10.1. The van der Waals surface area contributed by atoms with E-state index in [4.69, 9.17) is 9.47 Å². The molecule has 0 bridgehead atoms. The van der Waals surface area contributed by atoms with Gasteiger partial charge in [0.25, 0.3) is 5.69 Å². The molecule has 2 rings (SSSR count). The lowest BCUT2D eigenvalue weighted by Crippen LogP contribution is -2.12. The molecule has 7 nitrogen and oxygen atoms in total. The van der Waals surface area contributed by atoms with Crippen molar-refractivity contribution in [2.24, 2.45) is 0 Å². The van der Waals surface area contributed by atoms with Crippen LogP contribution in [-0.4, -0.2) is 23.5 Å². The van der Waals surface area contributed by atoms with Gasteiger partial charge in [0, 0.05) is 11.6 Å². The third kappa shape index (κ3) is 3.75. The van der Waals surface area contributed by atoms with Gasteiger partial charge in [-0.15, -0.1) is 0 Å². The maximum absolute atomic E-state index is 12.3. The van der Waals surface area contributed by atoms with Gasteiger partial charge in [-0.05, 0) is 38.1 Å². The third-order valence-corrected chi connectivity index (χ3v) is 3.28. The average Bonchev–Trinajstić information content (AvgIpc) is 2.55. The summed E-state index contributed by atoms with van der Waals surface area (Å²) in [7, 11) is 0. The number of nitrogens with zero attached hydrogens (tertiary/aromatic N) is 1. The molecule has 24 heavy (non-hydrogen) atoms. The number of benzene rings is 2. The first kappa shape index (κ1) is 17.1. The second kappa shape index (κ2) is 7.36. The fourth-order valence-electron chi connectivity index (χ4n) is 2.11. The van der Waals surface area contributed by atoms with Gasteiger partial charge in [-0.2, -0.15) is 0 Å². The van der Waals surface area contributed by atoms with Gasteiger partial charge in [-0.3, -0.25) is 10.1 Å². The molecule has 0 amide bonds. The number of nitro groups is 1. The second-order valence-electron chi connectivity index (χ2n) is 4.84. The first-order valence-corrected chi connectivity index (χ1v) is 7.17. The average molecular weight is 329 g/mol. The fourth-order valence-corrected chi connectivity index (χ4v) is 2.11. The Kier molecular flexibility index (Phi) is 5.26. The summed E-state index contributed by atoms with van der Waals surface area (Å²) < 4.78 is 10.1. The molecule has 2 aromatic rings. The number of carbonyl (C=O) groups is 2. The molecule has 0 fully saturated rings. The molecule has 0 aliphatic carbocycles. The Balaban J connectivity index is 2.25. The summed E-state index contributed by atoms with van der Waals surface area (Å²) in [6.07, 6.45) is 0. The molecule has 0 saturated carbocycles. The SMILES string of the molecule is CCOC(=O)c1cccc(OC(=O)c2cccc([N+](=O)[O-])c2C)c1. The first-order chi connectivity index (χ1) is 11.4. The summed E-state index contributed by atoms with van der Waals surface area (Å²) in [6.45, 7) is 3.40. The highest BCUT2D eigenvalue weighted by Gasteiger charge is 2.19. The molecule has 0 spiro atoms. The topological polar surface area (TPSA) is 95.7 Å². The van der Waals surface area contributed by atoms with E-state index < -0.39 is 16.9 Å². The van der Waals surface area contributed by atoms with E-state index in [0.717, 1.165) is 0 Å². The van der Waals surface area contributed by atoms with Crippen LogP contribution in [0.5, 0.6) is 5.75 Å². The van der Waals surface area contributed by atoms with Gasteiger partial charge < -0.3 is 9.47 Å². The highest BCUT2D eigenvalue weighted by atomic mass is 16.6. The molecular formula is C17H15NO6. The molecule has 0 aliphatic rings. The molecule has 124 valence electrons. The number of hydrogen-bond acceptors (Lipinski definition) is 6. The molecule has 0 heterocycles. The molecule has 0 unspecified atom stereocenters. The number of ether oxygens (including phenoxy) is 2. The van der Waals surface area contributed by atoms with Gasteiger partial charge in [0.05, 0.1) is 22.7 Å². The van der Waals surface area contributed by atoms with Crippen molar-refractivity contribution in [1.82, 2.24) is 0 Å². The van der Waals surface area contributed by atoms with Crippen LogP contribution in [0.15, 0.2) is 42.5 Å². The van der Waals surface area contributed by atoms with Gasteiger partial charge in [0.1, 0.15) is 5.75 Å². The van der Waals surface area contributed by atoms with Crippen molar-refractivity contribution in [2.75, 3.05) is 6.61 Å². The molecular weight excluding hydrogens is 314 g/mol.